The zero-order valence-electron chi connectivity index (χ0n) is 46.8. The number of unbranched alkanes of at least 4 members (excludes halogenated alkanes) is 48. The maximum atomic E-state index is 12.6. The number of amides is 1. The zero-order chi connectivity index (χ0) is 50.2. The van der Waals surface area contributed by atoms with E-state index in [1.165, 1.54) is 289 Å². The van der Waals surface area contributed by atoms with Gasteiger partial charge in [0.25, 0.3) is 0 Å². The third-order valence-electron chi connectivity index (χ3n) is 15.2. The van der Waals surface area contributed by atoms with Gasteiger partial charge in [0, 0.05) is 0 Å². The van der Waals surface area contributed by atoms with Crippen LogP contribution in [0.15, 0.2) is 12.2 Å². The SMILES string of the molecule is CCCCCCCCCCCCCCCCCCC/C=C/CCCC(O)C(O)C(CO)NC(=O)C(O)CCCCCCCCCCCCCCCCCCCCCCCCCCCCCCCCC. The Morgan fingerprint density at radius 3 is 0.870 bits per heavy atom. The van der Waals surface area contributed by atoms with Crippen molar-refractivity contribution in [1.29, 1.82) is 0 Å². The summed E-state index contributed by atoms with van der Waals surface area (Å²) < 4.78 is 0. The molecule has 0 aliphatic heterocycles. The van der Waals surface area contributed by atoms with E-state index in [1.807, 2.05) is 0 Å². The van der Waals surface area contributed by atoms with Gasteiger partial charge in [-0.2, -0.15) is 0 Å². The summed E-state index contributed by atoms with van der Waals surface area (Å²) in [5.41, 5.74) is 0. The number of hydrogen-bond donors (Lipinski definition) is 5. The molecule has 4 unspecified atom stereocenters. The first-order valence-electron chi connectivity index (χ1n) is 31.6. The van der Waals surface area contributed by atoms with Gasteiger partial charge in [0.15, 0.2) is 0 Å². The fraction of sp³-hybridized carbons (Fsp3) is 0.952. The summed E-state index contributed by atoms with van der Waals surface area (Å²) in [6.07, 6.45) is 70.3. The first kappa shape index (κ1) is 68.0. The number of aliphatic hydroxyl groups excluding tert-OH is 4. The third-order valence-corrected chi connectivity index (χ3v) is 15.2. The molecule has 0 aromatic heterocycles. The first-order valence-corrected chi connectivity index (χ1v) is 31.6. The highest BCUT2D eigenvalue weighted by atomic mass is 16.3. The van der Waals surface area contributed by atoms with E-state index >= 15 is 0 Å². The molecule has 0 fully saturated rings. The standard InChI is InChI=1S/C63H125NO5/c1-3-5-7-9-11-13-15-17-19-21-23-25-27-28-29-30-31-32-33-34-35-37-39-41-43-45-47-49-51-53-55-57-61(67)63(69)64-59(58-65)62(68)60(66)56-54-52-50-48-46-44-42-40-38-36-26-24-22-20-18-16-14-12-10-8-6-4-2/h48,50,59-62,65-68H,3-47,49,51-58H2,1-2H3,(H,64,69)/b50-48+. The molecule has 0 spiro atoms. The predicted molar refractivity (Wildman–Crippen MR) is 302 cm³/mol. The molecule has 412 valence electrons. The third kappa shape index (κ3) is 51.7. The number of carbonyl (C=O) groups excluding carboxylic acids is 1. The second-order valence-corrected chi connectivity index (χ2v) is 22.1. The molecule has 6 nitrogen and oxygen atoms in total. The van der Waals surface area contributed by atoms with Crippen LogP contribution in [-0.4, -0.2) is 57.3 Å². The molecule has 6 heteroatoms. The average Bonchev–Trinajstić information content (AvgIpc) is 3.35. The number of aliphatic hydroxyl groups is 4. The second kappa shape index (κ2) is 57.9. The van der Waals surface area contributed by atoms with E-state index in [0.29, 0.717) is 12.8 Å². The molecule has 0 saturated heterocycles. The van der Waals surface area contributed by atoms with E-state index in [-0.39, 0.29) is 0 Å². The topological polar surface area (TPSA) is 110 Å². The van der Waals surface area contributed by atoms with Gasteiger partial charge in [0.05, 0.1) is 18.8 Å². The van der Waals surface area contributed by atoms with Gasteiger partial charge >= 0.3 is 0 Å². The van der Waals surface area contributed by atoms with Gasteiger partial charge in [0.1, 0.15) is 12.2 Å². The Bertz CT molecular complexity index is 1010. The number of allylic oxidation sites excluding steroid dienone is 2. The van der Waals surface area contributed by atoms with Crippen molar-refractivity contribution in [3.63, 3.8) is 0 Å². The zero-order valence-corrected chi connectivity index (χ0v) is 46.8. The second-order valence-electron chi connectivity index (χ2n) is 22.1. The summed E-state index contributed by atoms with van der Waals surface area (Å²) in [5, 5.41) is 44.1. The van der Waals surface area contributed by atoms with Crippen molar-refractivity contribution >= 4 is 5.91 Å². The summed E-state index contributed by atoms with van der Waals surface area (Å²) >= 11 is 0. The lowest BCUT2D eigenvalue weighted by atomic mass is 10.00. The molecule has 0 aliphatic carbocycles. The van der Waals surface area contributed by atoms with Gasteiger partial charge in [-0.25, -0.2) is 0 Å². The molecule has 5 N–H and O–H groups in total. The molecule has 1 amide bonds. The summed E-state index contributed by atoms with van der Waals surface area (Å²) in [7, 11) is 0. The van der Waals surface area contributed by atoms with Gasteiger partial charge in [0.2, 0.25) is 5.91 Å². The molecule has 0 radical (unpaired) electrons. The average molecular weight is 977 g/mol. The summed E-state index contributed by atoms with van der Waals surface area (Å²) in [4.78, 5) is 12.6. The molecule has 0 saturated carbocycles. The summed E-state index contributed by atoms with van der Waals surface area (Å²) in [6, 6.07) is -0.999. The Labute approximate surface area is 432 Å². The molecule has 4 atom stereocenters. The van der Waals surface area contributed by atoms with Crippen molar-refractivity contribution in [2.75, 3.05) is 6.61 Å². The van der Waals surface area contributed by atoms with Gasteiger partial charge < -0.3 is 25.7 Å². The van der Waals surface area contributed by atoms with Crippen molar-refractivity contribution in [3.8, 4) is 0 Å². The molecule has 0 aromatic rings. The minimum atomic E-state index is -1.28. The minimum absolute atomic E-state index is 0.369. The summed E-state index contributed by atoms with van der Waals surface area (Å²) in [6.45, 7) is 4.09. The molecule has 0 rings (SSSR count). The fourth-order valence-electron chi connectivity index (χ4n) is 10.3. The van der Waals surface area contributed by atoms with Crippen LogP contribution in [0.2, 0.25) is 0 Å². The number of hydrogen-bond acceptors (Lipinski definition) is 5. The molecule has 0 aliphatic rings. The predicted octanol–water partition coefficient (Wildman–Crippen LogP) is 18.8. The summed E-state index contributed by atoms with van der Waals surface area (Å²) in [5.74, 6) is -0.585. The fourth-order valence-corrected chi connectivity index (χ4v) is 10.3. The van der Waals surface area contributed by atoms with E-state index in [0.717, 1.165) is 38.5 Å². The molecular weight excluding hydrogens is 851 g/mol. The Balaban J connectivity index is 3.56. The van der Waals surface area contributed by atoms with Crippen LogP contribution in [0.3, 0.4) is 0 Å². The number of nitrogens with one attached hydrogen (secondary N) is 1. The van der Waals surface area contributed by atoms with Crippen molar-refractivity contribution < 1.29 is 25.2 Å². The van der Waals surface area contributed by atoms with Crippen LogP contribution in [0.5, 0.6) is 0 Å². The highest BCUT2D eigenvalue weighted by Gasteiger charge is 2.28. The maximum Gasteiger partial charge on any atom is 0.249 e. The molecule has 0 heterocycles. The lowest BCUT2D eigenvalue weighted by Crippen LogP contribution is -2.53. The van der Waals surface area contributed by atoms with E-state index in [2.05, 4.69) is 31.3 Å². The lowest BCUT2D eigenvalue weighted by molar-refractivity contribution is -0.132. The molecule has 69 heavy (non-hydrogen) atoms. The van der Waals surface area contributed by atoms with Crippen molar-refractivity contribution in [1.82, 2.24) is 5.32 Å². The van der Waals surface area contributed by atoms with Crippen molar-refractivity contribution in [2.45, 2.75) is 379 Å². The van der Waals surface area contributed by atoms with Crippen LogP contribution in [-0.2, 0) is 4.79 Å². The number of rotatable bonds is 59. The van der Waals surface area contributed by atoms with Crippen LogP contribution in [0.1, 0.15) is 354 Å². The van der Waals surface area contributed by atoms with E-state index in [9.17, 15) is 25.2 Å². The van der Waals surface area contributed by atoms with Crippen molar-refractivity contribution in [2.24, 2.45) is 0 Å². The Morgan fingerprint density at radius 2 is 0.594 bits per heavy atom. The Kier molecular flexibility index (Phi) is 57.1. The van der Waals surface area contributed by atoms with Gasteiger partial charge in [-0.3, -0.25) is 4.79 Å². The Hall–Kier alpha value is -0.950. The molecular formula is C63H125NO5. The van der Waals surface area contributed by atoms with E-state index in [1.54, 1.807) is 0 Å². The molecule has 0 bridgehead atoms. The van der Waals surface area contributed by atoms with Crippen LogP contribution in [0.25, 0.3) is 0 Å². The van der Waals surface area contributed by atoms with Gasteiger partial charge in [-0.1, -0.05) is 328 Å². The highest BCUT2D eigenvalue weighted by Crippen LogP contribution is 2.19. The van der Waals surface area contributed by atoms with Crippen LogP contribution in [0, 0.1) is 0 Å². The van der Waals surface area contributed by atoms with Crippen LogP contribution in [0.4, 0.5) is 0 Å². The highest BCUT2D eigenvalue weighted by molar-refractivity contribution is 5.80. The first-order chi connectivity index (χ1) is 34.0. The minimum Gasteiger partial charge on any atom is -0.394 e. The monoisotopic (exact) mass is 976 g/mol. The van der Waals surface area contributed by atoms with Crippen molar-refractivity contribution in [3.05, 3.63) is 12.2 Å². The number of carbonyl (C=O) groups is 1. The van der Waals surface area contributed by atoms with Crippen LogP contribution < -0.4 is 5.32 Å². The molecule has 0 aromatic carbocycles. The Morgan fingerprint density at radius 1 is 0.348 bits per heavy atom. The van der Waals surface area contributed by atoms with E-state index in [4.69, 9.17) is 0 Å². The maximum absolute atomic E-state index is 12.6. The normalized spacial score (nSPS) is 13.7. The van der Waals surface area contributed by atoms with Gasteiger partial charge in [-0.15, -0.1) is 0 Å². The lowest BCUT2D eigenvalue weighted by Gasteiger charge is -2.27. The van der Waals surface area contributed by atoms with E-state index < -0.39 is 36.9 Å². The van der Waals surface area contributed by atoms with Gasteiger partial charge in [-0.05, 0) is 38.5 Å². The van der Waals surface area contributed by atoms with Crippen LogP contribution >= 0.6 is 0 Å². The largest absolute Gasteiger partial charge is 0.394 e. The quantitative estimate of drug-likeness (QED) is 0.0308. The smallest absolute Gasteiger partial charge is 0.249 e.